The Morgan fingerprint density at radius 3 is 1.66 bits per heavy atom. The van der Waals surface area contributed by atoms with E-state index in [2.05, 4.69) is 20.8 Å². The van der Waals surface area contributed by atoms with Crippen LogP contribution in [0.15, 0.2) is 0 Å². The second-order valence-electron chi connectivity index (χ2n) is 8.17. The van der Waals surface area contributed by atoms with Gasteiger partial charge in [0.15, 0.2) is 0 Å². The fraction of sp³-hybridized carbons (Fsp3) is 0.958. The Kier molecular flexibility index (Phi) is 23.1. The van der Waals surface area contributed by atoms with Gasteiger partial charge >= 0.3 is 5.97 Å². The largest absolute Gasteiger partial charge is 0.466 e. The van der Waals surface area contributed by atoms with Crippen molar-refractivity contribution in [2.45, 2.75) is 97.8 Å². The van der Waals surface area contributed by atoms with Gasteiger partial charge in [-0.2, -0.15) is 0 Å². The predicted molar refractivity (Wildman–Crippen MR) is 119 cm³/mol. The van der Waals surface area contributed by atoms with Gasteiger partial charge in [-0.3, -0.25) is 4.79 Å². The van der Waals surface area contributed by atoms with Crippen molar-refractivity contribution in [1.82, 2.24) is 0 Å². The predicted octanol–water partition coefficient (Wildman–Crippen LogP) is 5.94. The lowest BCUT2D eigenvalue weighted by molar-refractivity contribution is -0.144. The fourth-order valence-corrected chi connectivity index (χ4v) is 2.86. The van der Waals surface area contributed by atoms with Crippen LogP contribution < -0.4 is 0 Å². The van der Waals surface area contributed by atoms with Gasteiger partial charge in [-0.1, -0.05) is 72.1 Å². The van der Waals surface area contributed by atoms with Crippen molar-refractivity contribution in [3.05, 3.63) is 0 Å². The first-order chi connectivity index (χ1) is 14.2. The van der Waals surface area contributed by atoms with Gasteiger partial charge in [0.1, 0.15) is 0 Å². The summed E-state index contributed by atoms with van der Waals surface area (Å²) in [6, 6.07) is 0. The number of carbonyl (C=O) groups excluding carboxylic acids is 1. The lowest BCUT2D eigenvalue weighted by Gasteiger charge is -2.08. The minimum Gasteiger partial charge on any atom is -0.466 e. The van der Waals surface area contributed by atoms with Crippen molar-refractivity contribution < 1.29 is 23.7 Å². The van der Waals surface area contributed by atoms with Crippen molar-refractivity contribution >= 4 is 5.97 Å². The van der Waals surface area contributed by atoms with Crippen LogP contribution in [-0.2, 0) is 23.7 Å². The number of hydrogen-bond acceptors (Lipinski definition) is 5. The summed E-state index contributed by atoms with van der Waals surface area (Å²) in [5.74, 6) is 0.432. The number of ether oxygens (including phenoxy) is 4. The molecular formula is C24H48O5. The minimum atomic E-state index is -0.130. The maximum Gasteiger partial charge on any atom is 0.305 e. The third-order valence-electron chi connectivity index (χ3n) is 4.76. The van der Waals surface area contributed by atoms with Gasteiger partial charge in [-0.05, 0) is 25.2 Å². The van der Waals surface area contributed by atoms with Gasteiger partial charge in [0.25, 0.3) is 0 Å². The van der Waals surface area contributed by atoms with Gasteiger partial charge in [0.05, 0.1) is 33.0 Å². The first kappa shape index (κ1) is 28.4. The van der Waals surface area contributed by atoms with Crippen molar-refractivity contribution in [3.8, 4) is 0 Å². The summed E-state index contributed by atoms with van der Waals surface area (Å²) in [4.78, 5) is 11.5. The van der Waals surface area contributed by atoms with Crippen LogP contribution in [0.3, 0.4) is 0 Å². The summed E-state index contributed by atoms with van der Waals surface area (Å²) < 4.78 is 21.7. The maximum atomic E-state index is 11.5. The van der Waals surface area contributed by atoms with Crippen molar-refractivity contribution in [2.24, 2.45) is 5.92 Å². The van der Waals surface area contributed by atoms with E-state index in [1.807, 2.05) is 0 Å². The molecule has 0 saturated heterocycles. The molecule has 0 atom stereocenters. The average molecular weight is 417 g/mol. The quantitative estimate of drug-likeness (QED) is 0.152. The molecule has 0 radical (unpaired) electrons. The highest BCUT2D eigenvalue weighted by Gasteiger charge is 2.03. The third kappa shape index (κ3) is 25.3. The molecule has 0 aromatic carbocycles. The number of unbranched alkanes of at least 4 members (excludes halogenated alkanes) is 8. The van der Waals surface area contributed by atoms with Crippen LogP contribution in [0.4, 0.5) is 0 Å². The first-order valence-corrected chi connectivity index (χ1v) is 12.1. The van der Waals surface area contributed by atoms with Gasteiger partial charge in [0, 0.05) is 19.6 Å². The van der Waals surface area contributed by atoms with E-state index in [-0.39, 0.29) is 5.97 Å². The van der Waals surface area contributed by atoms with E-state index >= 15 is 0 Å². The van der Waals surface area contributed by atoms with E-state index in [1.165, 1.54) is 51.4 Å². The van der Waals surface area contributed by atoms with E-state index in [0.29, 0.717) is 58.4 Å². The van der Waals surface area contributed by atoms with Crippen molar-refractivity contribution in [1.29, 1.82) is 0 Å². The molecule has 5 heteroatoms. The Morgan fingerprint density at radius 1 is 0.621 bits per heavy atom. The van der Waals surface area contributed by atoms with Gasteiger partial charge in [0.2, 0.25) is 0 Å². The van der Waals surface area contributed by atoms with Crippen LogP contribution in [0.5, 0.6) is 0 Å². The molecule has 0 heterocycles. The summed E-state index contributed by atoms with van der Waals surface area (Å²) in [5.41, 5.74) is 0. The number of hydrogen-bond donors (Lipinski definition) is 0. The molecule has 0 aromatic heterocycles. The van der Waals surface area contributed by atoms with Gasteiger partial charge in [-0.25, -0.2) is 0 Å². The standard InChI is InChI=1S/C24H48O5/c1-4-5-6-7-8-9-10-11-12-16-26-19-21-28-22-20-27-17-13-14-24(25)29-18-15-23(2)3/h23H,4-22H2,1-3H3. The summed E-state index contributed by atoms with van der Waals surface area (Å²) >= 11 is 0. The van der Waals surface area contributed by atoms with E-state index in [9.17, 15) is 4.79 Å². The lowest BCUT2D eigenvalue weighted by atomic mass is 10.1. The Hall–Kier alpha value is -0.650. The van der Waals surface area contributed by atoms with Crippen LogP contribution in [0.25, 0.3) is 0 Å². The zero-order valence-electron chi connectivity index (χ0n) is 19.6. The molecule has 5 nitrogen and oxygen atoms in total. The first-order valence-electron chi connectivity index (χ1n) is 12.1. The molecule has 0 aliphatic heterocycles. The summed E-state index contributed by atoms with van der Waals surface area (Å²) in [5, 5.41) is 0. The van der Waals surface area contributed by atoms with Crippen LogP contribution in [0.2, 0.25) is 0 Å². The number of rotatable bonds is 23. The van der Waals surface area contributed by atoms with E-state index in [1.54, 1.807) is 0 Å². The molecule has 29 heavy (non-hydrogen) atoms. The zero-order valence-corrected chi connectivity index (χ0v) is 19.6. The molecular weight excluding hydrogens is 368 g/mol. The van der Waals surface area contributed by atoms with Crippen LogP contribution in [0.1, 0.15) is 97.8 Å². The Labute approximate surface area is 180 Å². The van der Waals surface area contributed by atoms with Crippen LogP contribution in [0, 0.1) is 5.92 Å². The number of esters is 1. The Bertz CT molecular complexity index is 333. The molecule has 174 valence electrons. The van der Waals surface area contributed by atoms with Crippen molar-refractivity contribution in [3.63, 3.8) is 0 Å². The van der Waals surface area contributed by atoms with Gasteiger partial charge in [-0.15, -0.1) is 0 Å². The molecule has 0 rings (SSSR count). The van der Waals surface area contributed by atoms with Crippen molar-refractivity contribution in [2.75, 3.05) is 46.2 Å². The monoisotopic (exact) mass is 416 g/mol. The third-order valence-corrected chi connectivity index (χ3v) is 4.76. The van der Waals surface area contributed by atoms with Crippen LogP contribution in [-0.4, -0.2) is 52.2 Å². The highest BCUT2D eigenvalue weighted by atomic mass is 16.5. The highest BCUT2D eigenvalue weighted by molar-refractivity contribution is 5.69. The van der Waals surface area contributed by atoms with E-state index < -0.39 is 0 Å². The average Bonchev–Trinajstić information content (AvgIpc) is 2.69. The maximum absolute atomic E-state index is 11.5. The molecule has 0 aromatic rings. The molecule has 0 aliphatic rings. The van der Waals surface area contributed by atoms with Gasteiger partial charge < -0.3 is 18.9 Å². The molecule has 0 amide bonds. The minimum absolute atomic E-state index is 0.130. The Morgan fingerprint density at radius 2 is 1.10 bits per heavy atom. The second-order valence-corrected chi connectivity index (χ2v) is 8.17. The zero-order chi connectivity index (χ0) is 21.4. The SMILES string of the molecule is CCCCCCCCCCCOCCOCCOCCCC(=O)OCCC(C)C. The second kappa shape index (κ2) is 23.6. The van der Waals surface area contributed by atoms with E-state index in [4.69, 9.17) is 18.9 Å². The normalized spacial score (nSPS) is 11.3. The topological polar surface area (TPSA) is 54.0 Å². The highest BCUT2D eigenvalue weighted by Crippen LogP contribution is 2.09. The van der Waals surface area contributed by atoms with E-state index in [0.717, 1.165) is 19.4 Å². The molecule has 0 fully saturated rings. The smallest absolute Gasteiger partial charge is 0.305 e. The molecule has 0 saturated carbocycles. The van der Waals surface area contributed by atoms with Crippen LogP contribution >= 0.6 is 0 Å². The summed E-state index contributed by atoms with van der Waals surface area (Å²) in [6.07, 6.45) is 14.1. The summed E-state index contributed by atoms with van der Waals surface area (Å²) in [6.45, 7) is 10.8. The molecule has 0 unspecified atom stereocenters. The molecule has 0 aliphatic carbocycles. The molecule has 0 N–H and O–H groups in total. The fourth-order valence-electron chi connectivity index (χ4n) is 2.86. The Balaban J connectivity index is 3.09. The molecule has 0 bridgehead atoms. The molecule has 0 spiro atoms. The summed E-state index contributed by atoms with van der Waals surface area (Å²) in [7, 11) is 0. The number of carbonyl (C=O) groups is 1. The lowest BCUT2D eigenvalue weighted by Crippen LogP contribution is -2.11.